The van der Waals surface area contributed by atoms with Gasteiger partial charge in [-0.1, -0.05) is 66.5 Å². The van der Waals surface area contributed by atoms with E-state index >= 15 is 0 Å². The number of amides is 1. The van der Waals surface area contributed by atoms with Gasteiger partial charge in [-0.2, -0.15) is 0 Å². The summed E-state index contributed by atoms with van der Waals surface area (Å²) >= 11 is 12.2. The van der Waals surface area contributed by atoms with Gasteiger partial charge in [-0.15, -0.1) is 0 Å². The molecule has 0 saturated carbocycles. The van der Waals surface area contributed by atoms with E-state index in [0.717, 1.165) is 18.7 Å². The highest BCUT2D eigenvalue weighted by Gasteiger charge is 2.53. The van der Waals surface area contributed by atoms with Crippen molar-refractivity contribution in [1.29, 1.82) is 0 Å². The van der Waals surface area contributed by atoms with Gasteiger partial charge in [0.05, 0.1) is 41.3 Å². The Morgan fingerprint density at radius 3 is 2.57 bits per heavy atom. The lowest BCUT2D eigenvalue weighted by Crippen LogP contribution is -2.73. The smallest absolute Gasteiger partial charge is 0.227 e. The summed E-state index contributed by atoms with van der Waals surface area (Å²) in [4.78, 5) is 18.0. The second kappa shape index (κ2) is 8.88. The highest BCUT2D eigenvalue weighted by Crippen LogP contribution is 2.39. The van der Waals surface area contributed by atoms with Crippen LogP contribution in [-0.2, 0) is 22.5 Å². The van der Waals surface area contributed by atoms with E-state index in [1.165, 1.54) is 5.56 Å². The lowest BCUT2D eigenvalue weighted by atomic mass is 9.75. The Bertz CT molecular complexity index is 907. The van der Waals surface area contributed by atoms with E-state index in [9.17, 15) is 4.79 Å². The van der Waals surface area contributed by atoms with Gasteiger partial charge in [-0.3, -0.25) is 9.69 Å². The van der Waals surface area contributed by atoms with Crippen LogP contribution >= 0.6 is 23.2 Å². The van der Waals surface area contributed by atoms with Gasteiger partial charge >= 0.3 is 0 Å². The van der Waals surface area contributed by atoms with Gasteiger partial charge < -0.3 is 9.64 Å². The molecule has 4 nitrogen and oxygen atoms in total. The molecule has 0 bridgehead atoms. The van der Waals surface area contributed by atoms with Crippen molar-refractivity contribution in [2.45, 2.75) is 38.4 Å². The van der Waals surface area contributed by atoms with Crippen LogP contribution in [0.15, 0.2) is 48.5 Å². The fourth-order valence-electron chi connectivity index (χ4n) is 4.89. The highest BCUT2D eigenvalue weighted by atomic mass is 35.5. The molecular weight excluding hydrogens is 419 g/mol. The van der Waals surface area contributed by atoms with E-state index in [4.69, 9.17) is 27.9 Å². The number of rotatable bonds is 4. The van der Waals surface area contributed by atoms with Crippen LogP contribution < -0.4 is 0 Å². The summed E-state index contributed by atoms with van der Waals surface area (Å²) in [5, 5.41) is 0.991. The molecule has 2 aromatic carbocycles. The molecule has 0 aromatic heterocycles. The normalized spacial score (nSPS) is 27.0. The predicted molar refractivity (Wildman–Crippen MR) is 121 cm³/mol. The first kappa shape index (κ1) is 21.6. The zero-order chi connectivity index (χ0) is 21.3. The largest absolute Gasteiger partial charge is 0.379 e. The van der Waals surface area contributed by atoms with Crippen LogP contribution in [0.5, 0.6) is 0 Å². The summed E-state index contributed by atoms with van der Waals surface area (Å²) in [6, 6.07) is 16.1. The summed E-state index contributed by atoms with van der Waals surface area (Å²) in [7, 11) is 0. The SMILES string of the molecule is CC1COCC2N(Cc3ccccc3)CCN(C(=O)Cc3ccc(Cl)c(Cl)c3)C12C. The number of carbonyl (C=O) groups excluding carboxylic acids is 1. The average Bonchev–Trinajstić information content (AvgIpc) is 2.73. The lowest BCUT2D eigenvalue weighted by molar-refractivity contribution is -0.172. The van der Waals surface area contributed by atoms with Crippen molar-refractivity contribution < 1.29 is 9.53 Å². The second-order valence-electron chi connectivity index (χ2n) is 8.61. The van der Waals surface area contributed by atoms with Gasteiger partial charge in [-0.25, -0.2) is 0 Å². The molecule has 160 valence electrons. The third-order valence-corrected chi connectivity index (χ3v) is 7.56. The maximum Gasteiger partial charge on any atom is 0.227 e. The first-order valence-electron chi connectivity index (χ1n) is 10.5. The lowest BCUT2D eigenvalue weighted by Gasteiger charge is -2.59. The third-order valence-electron chi connectivity index (χ3n) is 6.82. The van der Waals surface area contributed by atoms with Gasteiger partial charge in [0.15, 0.2) is 0 Å². The molecule has 1 amide bonds. The van der Waals surface area contributed by atoms with Crippen LogP contribution in [-0.4, -0.2) is 53.6 Å². The molecule has 2 aliphatic heterocycles. The van der Waals surface area contributed by atoms with E-state index in [1.54, 1.807) is 12.1 Å². The molecule has 2 aromatic rings. The Labute approximate surface area is 188 Å². The summed E-state index contributed by atoms with van der Waals surface area (Å²) in [6.07, 6.45) is 0.325. The molecular formula is C24H28Cl2N2O2. The Balaban J connectivity index is 1.57. The van der Waals surface area contributed by atoms with Crippen molar-refractivity contribution in [3.05, 3.63) is 69.7 Å². The van der Waals surface area contributed by atoms with Crippen molar-refractivity contribution in [1.82, 2.24) is 9.80 Å². The van der Waals surface area contributed by atoms with E-state index in [0.29, 0.717) is 36.2 Å². The highest BCUT2D eigenvalue weighted by molar-refractivity contribution is 6.42. The maximum absolute atomic E-state index is 13.4. The van der Waals surface area contributed by atoms with Crippen molar-refractivity contribution in [2.24, 2.45) is 5.92 Å². The minimum absolute atomic E-state index is 0.133. The van der Waals surface area contributed by atoms with Crippen LogP contribution in [0.1, 0.15) is 25.0 Å². The summed E-state index contributed by atoms with van der Waals surface area (Å²) in [5.74, 6) is 0.376. The molecule has 2 heterocycles. The number of halogens is 2. The monoisotopic (exact) mass is 446 g/mol. The molecule has 4 rings (SSSR count). The summed E-state index contributed by atoms with van der Waals surface area (Å²) < 4.78 is 5.95. The molecule has 30 heavy (non-hydrogen) atoms. The number of ether oxygens (including phenoxy) is 1. The maximum atomic E-state index is 13.4. The van der Waals surface area contributed by atoms with E-state index in [-0.39, 0.29) is 23.4 Å². The van der Waals surface area contributed by atoms with Crippen LogP contribution in [0.2, 0.25) is 10.0 Å². The second-order valence-corrected chi connectivity index (χ2v) is 9.42. The summed E-state index contributed by atoms with van der Waals surface area (Å²) in [6.45, 7) is 8.15. The number of carbonyl (C=O) groups is 1. The van der Waals surface area contributed by atoms with Crippen LogP contribution in [0.4, 0.5) is 0 Å². The minimum atomic E-state index is -0.279. The Hall–Kier alpha value is -1.59. The molecule has 2 fully saturated rings. The van der Waals surface area contributed by atoms with Gasteiger partial charge in [0.25, 0.3) is 0 Å². The molecule has 0 N–H and O–H groups in total. The topological polar surface area (TPSA) is 32.8 Å². The quantitative estimate of drug-likeness (QED) is 0.683. The minimum Gasteiger partial charge on any atom is -0.379 e. The molecule has 0 radical (unpaired) electrons. The molecule has 3 atom stereocenters. The van der Waals surface area contributed by atoms with E-state index in [2.05, 4.69) is 47.9 Å². The van der Waals surface area contributed by atoms with Crippen molar-refractivity contribution in [3.63, 3.8) is 0 Å². The van der Waals surface area contributed by atoms with Crippen molar-refractivity contribution in [3.8, 4) is 0 Å². The van der Waals surface area contributed by atoms with Gasteiger partial charge in [0, 0.05) is 25.6 Å². The number of benzene rings is 2. The molecule has 0 aliphatic carbocycles. The van der Waals surface area contributed by atoms with Crippen LogP contribution in [0.25, 0.3) is 0 Å². The first-order chi connectivity index (χ1) is 14.4. The molecule has 2 aliphatic rings. The Kier molecular flexibility index (Phi) is 6.40. The zero-order valence-corrected chi connectivity index (χ0v) is 19.0. The van der Waals surface area contributed by atoms with Gasteiger partial charge in [0.2, 0.25) is 5.91 Å². The van der Waals surface area contributed by atoms with E-state index in [1.807, 2.05) is 12.1 Å². The zero-order valence-electron chi connectivity index (χ0n) is 17.5. The summed E-state index contributed by atoms with van der Waals surface area (Å²) in [5.41, 5.74) is 1.90. The fourth-order valence-corrected chi connectivity index (χ4v) is 5.21. The number of hydrogen-bond acceptors (Lipinski definition) is 3. The number of piperazine rings is 1. The van der Waals surface area contributed by atoms with Gasteiger partial charge in [0.1, 0.15) is 0 Å². The van der Waals surface area contributed by atoms with E-state index < -0.39 is 0 Å². The molecule has 6 heteroatoms. The fraction of sp³-hybridized carbons (Fsp3) is 0.458. The van der Waals surface area contributed by atoms with Crippen LogP contribution in [0.3, 0.4) is 0 Å². The standard InChI is InChI=1S/C24H28Cl2N2O2/c1-17-15-30-16-22-24(17,2)28(11-10-27(22)14-18-6-4-3-5-7-18)23(29)13-19-8-9-20(25)21(26)12-19/h3-9,12,17,22H,10-11,13-16H2,1-2H3. The Morgan fingerprint density at radius 2 is 1.83 bits per heavy atom. The number of nitrogens with zero attached hydrogens (tertiary/aromatic N) is 2. The predicted octanol–water partition coefficient (Wildman–Crippen LogP) is 4.67. The molecule has 2 saturated heterocycles. The third kappa shape index (κ3) is 4.11. The molecule has 0 spiro atoms. The van der Waals surface area contributed by atoms with Gasteiger partial charge in [-0.05, 0) is 30.2 Å². The molecule has 3 unspecified atom stereocenters. The number of hydrogen-bond donors (Lipinski definition) is 0. The van der Waals surface area contributed by atoms with Crippen LogP contribution in [0, 0.1) is 5.92 Å². The average molecular weight is 447 g/mol. The Morgan fingerprint density at radius 1 is 1.07 bits per heavy atom. The van der Waals surface area contributed by atoms with Crippen molar-refractivity contribution in [2.75, 3.05) is 26.3 Å². The number of fused-ring (bicyclic) bond motifs is 1. The van der Waals surface area contributed by atoms with Crippen molar-refractivity contribution >= 4 is 29.1 Å². The first-order valence-corrected chi connectivity index (χ1v) is 11.3.